The molecule has 0 saturated heterocycles. The first-order chi connectivity index (χ1) is 8.28. The molecule has 2 N–H and O–H groups in total. The van der Waals surface area contributed by atoms with Crippen LogP contribution in [0.5, 0.6) is 0 Å². The van der Waals surface area contributed by atoms with E-state index in [1.165, 1.54) is 0 Å². The van der Waals surface area contributed by atoms with Gasteiger partial charge < -0.3 is 14.9 Å². The van der Waals surface area contributed by atoms with Crippen LogP contribution in [0.25, 0.3) is 0 Å². The van der Waals surface area contributed by atoms with E-state index in [9.17, 15) is 0 Å². The number of aliphatic hydroxyl groups excluding tert-OH is 1. The molecule has 2 rings (SSSR count). The molecule has 0 unspecified atom stereocenters. The maximum atomic E-state index is 8.72. The Morgan fingerprint density at radius 3 is 3.06 bits per heavy atom. The maximum absolute atomic E-state index is 8.72. The molecule has 0 fully saturated rings. The summed E-state index contributed by atoms with van der Waals surface area (Å²) in [5.41, 5.74) is 0.888. The molecule has 17 heavy (non-hydrogen) atoms. The molecule has 1 aromatic carbocycles. The molecule has 2 aromatic rings. The van der Waals surface area contributed by atoms with Crippen LogP contribution in [0.1, 0.15) is 11.7 Å². The van der Waals surface area contributed by atoms with Gasteiger partial charge in [0.15, 0.2) is 5.82 Å². The quantitative estimate of drug-likeness (QED) is 0.851. The topological polar surface area (TPSA) is 71.2 Å². The van der Waals surface area contributed by atoms with E-state index in [2.05, 4.69) is 15.5 Å². The third kappa shape index (κ3) is 3.44. The van der Waals surface area contributed by atoms with Gasteiger partial charge in [-0.1, -0.05) is 22.8 Å². The number of rotatable bonds is 5. The first-order valence-corrected chi connectivity index (χ1v) is 5.57. The van der Waals surface area contributed by atoms with Crippen molar-refractivity contribution in [2.24, 2.45) is 0 Å². The van der Waals surface area contributed by atoms with Crippen LogP contribution in [0.2, 0.25) is 5.02 Å². The predicted molar refractivity (Wildman–Crippen MR) is 63.9 cm³/mol. The van der Waals surface area contributed by atoms with Crippen LogP contribution < -0.4 is 5.32 Å². The SMILES string of the molecule is OCCc1noc(CNc2cccc(Cl)c2)n1. The van der Waals surface area contributed by atoms with Gasteiger partial charge in [0, 0.05) is 17.1 Å². The van der Waals surface area contributed by atoms with Gasteiger partial charge in [0.05, 0.1) is 13.2 Å². The standard InChI is InChI=1S/C11H12ClN3O2/c12-8-2-1-3-9(6-8)13-7-11-14-10(4-5-16)15-17-11/h1-3,6,13,16H,4-5,7H2. The maximum Gasteiger partial charge on any atom is 0.245 e. The Labute approximate surface area is 103 Å². The first kappa shape index (κ1) is 11.9. The van der Waals surface area contributed by atoms with Gasteiger partial charge in [0.1, 0.15) is 0 Å². The van der Waals surface area contributed by atoms with Crippen molar-refractivity contribution in [1.82, 2.24) is 10.1 Å². The monoisotopic (exact) mass is 253 g/mol. The number of aromatic nitrogens is 2. The average molecular weight is 254 g/mol. The fourth-order valence-corrected chi connectivity index (χ4v) is 1.53. The van der Waals surface area contributed by atoms with Crippen molar-refractivity contribution >= 4 is 17.3 Å². The summed E-state index contributed by atoms with van der Waals surface area (Å²) in [4.78, 5) is 4.10. The van der Waals surface area contributed by atoms with Crippen molar-refractivity contribution in [2.75, 3.05) is 11.9 Å². The lowest BCUT2D eigenvalue weighted by atomic mass is 10.3. The third-order valence-corrected chi connectivity index (χ3v) is 2.35. The highest BCUT2D eigenvalue weighted by molar-refractivity contribution is 6.30. The third-order valence-electron chi connectivity index (χ3n) is 2.11. The highest BCUT2D eigenvalue weighted by Gasteiger charge is 2.05. The van der Waals surface area contributed by atoms with E-state index in [0.29, 0.717) is 29.7 Å². The van der Waals surface area contributed by atoms with Gasteiger partial charge in [-0.25, -0.2) is 0 Å². The minimum atomic E-state index is 0.0146. The predicted octanol–water partition coefficient (Wildman–Crippen LogP) is 1.87. The summed E-state index contributed by atoms with van der Waals surface area (Å²) >= 11 is 5.85. The molecule has 0 aliphatic carbocycles. The molecule has 0 radical (unpaired) electrons. The van der Waals surface area contributed by atoms with Crippen LogP contribution in [0, 0.1) is 0 Å². The lowest BCUT2D eigenvalue weighted by molar-refractivity contribution is 0.293. The van der Waals surface area contributed by atoms with Crippen molar-refractivity contribution in [3.05, 3.63) is 41.0 Å². The Balaban J connectivity index is 1.93. The molecule has 0 amide bonds. The Morgan fingerprint density at radius 1 is 1.41 bits per heavy atom. The van der Waals surface area contributed by atoms with Crippen molar-refractivity contribution < 1.29 is 9.63 Å². The first-order valence-electron chi connectivity index (χ1n) is 5.19. The van der Waals surface area contributed by atoms with E-state index in [1.807, 2.05) is 18.2 Å². The molecule has 0 spiro atoms. The Hall–Kier alpha value is -1.59. The number of anilines is 1. The number of halogens is 1. The van der Waals surface area contributed by atoms with Gasteiger partial charge in [0.2, 0.25) is 5.89 Å². The van der Waals surface area contributed by atoms with Crippen LogP contribution in [0.15, 0.2) is 28.8 Å². The van der Waals surface area contributed by atoms with Crippen LogP contribution in [-0.4, -0.2) is 21.9 Å². The van der Waals surface area contributed by atoms with Crippen molar-refractivity contribution in [1.29, 1.82) is 0 Å². The van der Waals surface area contributed by atoms with Gasteiger partial charge in [-0.15, -0.1) is 0 Å². The van der Waals surface area contributed by atoms with E-state index in [-0.39, 0.29) is 6.61 Å². The summed E-state index contributed by atoms with van der Waals surface area (Å²) in [6.45, 7) is 0.444. The van der Waals surface area contributed by atoms with E-state index >= 15 is 0 Å². The minimum Gasteiger partial charge on any atom is -0.396 e. The van der Waals surface area contributed by atoms with E-state index in [1.54, 1.807) is 6.07 Å². The lowest BCUT2D eigenvalue weighted by Crippen LogP contribution is -2.00. The fourth-order valence-electron chi connectivity index (χ4n) is 1.34. The van der Waals surface area contributed by atoms with Gasteiger partial charge in [-0.05, 0) is 18.2 Å². The molecule has 6 heteroatoms. The smallest absolute Gasteiger partial charge is 0.245 e. The summed E-state index contributed by atoms with van der Waals surface area (Å²) in [7, 11) is 0. The van der Waals surface area contributed by atoms with Crippen molar-refractivity contribution in [3.63, 3.8) is 0 Å². The zero-order valence-electron chi connectivity index (χ0n) is 9.06. The molecule has 0 bridgehead atoms. The van der Waals surface area contributed by atoms with Gasteiger partial charge in [-0.3, -0.25) is 0 Å². The fraction of sp³-hybridized carbons (Fsp3) is 0.273. The molecule has 5 nitrogen and oxygen atoms in total. The highest BCUT2D eigenvalue weighted by atomic mass is 35.5. The molecule has 90 valence electrons. The molecular formula is C11H12ClN3O2. The second-order valence-electron chi connectivity index (χ2n) is 3.44. The Bertz CT molecular complexity index is 487. The normalized spacial score (nSPS) is 10.5. The number of aliphatic hydroxyl groups is 1. The largest absolute Gasteiger partial charge is 0.396 e. The second kappa shape index (κ2) is 5.65. The molecule has 0 aliphatic heterocycles. The van der Waals surface area contributed by atoms with E-state index in [4.69, 9.17) is 21.2 Å². The number of hydrogen-bond donors (Lipinski definition) is 2. The van der Waals surface area contributed by atoms with Gasteiger partial charge in [-0.2, -0.15) is 4.98 Å². The second-order valence-corrected chi connectivity index (χ2v) is 3.88. The summed E-state index contributed by atoms with van der Waals surface area (Å²) in [5, 5.41) is 16.2. The average Bonchev–Trinajstić information content (AvgIpc) is 2.75. The highest BCUT2D eigenvalue weighted by Crippen LogP contribution is 2.15. The molecule has 1 aromatic heterocycles. The van der Waals surface area contributed by atoms with Crippen LogP contribution in [0.3, 0.4) is 0 Å². The molecule has 1 heterocycles. The van der Waals surface area contributed by atoms with Crippen LogP contribution >= 0.6 is 11.6 Å². The van der Waals surface area contributed by atoms with Gasteiger partial charge >= 0.3 is 0 Å². The van der Waals surface area contributed by atoms with Crippen LogP contribution in [0.4, 0.5) is 5.69 Å². The van der Waals surface area contributed by atoms with Crippen molar-refractivity contribution in [3.8, 4) is 0 Å². The number of nitrogens with one attached hydrogen (secondary N) is 1. The van der Waals surface area contributed by atoms with Crippen LogP contribution in [-0.2, 0) is 13.0 Å². The van der Waals surface area contributed by atoms with E-state index < -0.39 is 0 Å². The lowest BCUT2D eigenvalue weighted by Gasteiger charge is -2.02. The number of hydrogen-bond acceptors (Lipinski definition) is 5. The zero-order chi connectivity index (χ0) is 12.1. The summed E-state index contributed by atoms with van der Waals surface area (Å²) in [6.07, 6.45) is 0.403. The molecule has 0 aliphatic rings. The van der Waals surface area contributed by atoms with Gasteiger partial charge in [0.25, 0.3) is 0 Å². The van der Waals surface area contributed by atoms with E-state index in [0.717, 1.165) is 5.69 Å². The number of benzene rings is 1. The Morgan fingerprint density at radius 2 is 2.29 bits per heavy atom. The molecule has 0 atom stereocenters. The van der Waals surface area contributed by atoms with Crippen molar-refractivity contribution in [2.45, 2.75) is 13.0 Å². The summed E-state index contributed by atoms with van der Waals surface area (Å²) < 4.78 is 5.00. The number of nitrogens with zero attached hydrogens (tertiary/aromatic N) is 2. The summed E-state index contributed by atoms with van der Waals surface area (Å²) in [5.74, 6) is 0.990. The molecular weight excluding hydrogens is 242 g/mol. The minimum absolute atomic E-state index is 0.0146. The molecule has 0 saturated carbocycles. The Kier molecular flexibility index (Phi) is 3.95. The zero-order valence-corrected chi connectivity index (χ0v) is 9.81. The summed E-state index contributed by atoms with van der Waals surface area (Å²) in [6, 6.07) is 7.37.